The number of hydrogen-bond acceptors (Lipinski definition) is 4. The van der Waals surface area contributed by atoms with Gasteiger partial charge in [-0.1, -0.05) is 24.3 Å². The summed E-state index contributed by atoms with van der Waals surface area (Å²) in [4.78, 5) is 0. The quantitative estimate of drug-likeness (QED) is 0.772. The molecule has 0 aliphatic heterocycles. The van der Waals surface area contributed by atoms with Gasteiger partial charge in [-0.3, -0.25) is 0 Å². The van der Waals surface area contributed by atoms with Gasteiger partial charge in [0.15, 0.2) is 0 Å². The van der Waals surface area contributed by atoms with Crippen molar-refractivity contribution in [3.05, 3.63) is 34.7 Å². The zero-order valence-corrected chi connectivity index (χ0v) is 12.9. The van der Waals surface area contributed by atoms with Crippen LogP contribution >= 0.6 is 33.8 Å². The van der Waals surface area contributed by atoms with Crippen molar-refractivity contribution < 1.29 is 18.3 Å². The first-order valence-corrected chi connectivity index (χ1v) is 8.61. The molecular formula is C8H12O4P4. The molecule has 0 saturated carbocycles. The molecule has 0 heterocycles. The van der Waals surface area contributed by atoms with Gasteiger partial charge in [-0.2, -0.15) is 0 Å². The first-order valence-electron chi connectivity index (χ1n) is 4.42. The lowest BCUT2D eigenvalue weighted by atomic mass is 10.3. The van der Waals surface area contributed by atoms with Gasteiger partial charge in [-0.25, -0.2) is 0 Å². The van der Waals surface area contributed by atoms with E-state index in [2.05, 4.69) is 0 Å². The number of benzene rings is 1. The highest BCUT2D eigenvalue weighted by atomic mass is 31.1. The zero-order chi connectivity index (χ0) is 12.0. The number of hydrogen-bond donors (Lipinski definition) is 0. The molecule has 0 aliphatic rings. The molecule has 0 saturated heterocycles. The van der Waals surface area contributed by atoms with E-state index in [0.717, 1.165) is 0 Å². The molecule has 0 aliphatic carbocycles. The van der Waals surface area contributed by atoms with Gasteiger partial charge in [0, 0.05) is 10.1 Å². The van der Waals surface area contributed by atoms with E-state index < -0.39 is 33.8 Å². The summed E-state index contributed by atoms with van der Waals surface area (Å²) in [5, 5.41) is 2.30. The predicted molar refractivity (Wildman–Crippen MR) is 74.1 cm³/mol. The van der Waals surface area contributed by atoms with Crippen LogP contribution in [0.15, 0.2) is 24.3 Å². The van der Waals surface area contributed by atoms with Gasteiger partial charge in [0.2, 0.25) is 0 Å². The van der Waals surface area contributed by atoms with Crippen LogP contribution in [0.2, 0.25) is 0 Å². The van der Waals surface area contributed by atoms with Crippen LogP contribution in [-0.2, 0) is 18.3 Å². The highest BCUT2D eigenvalue weighted by molar-refractivity contribution is 7.62. The molecule has 0 bridgehead atoms. The van der Waals surface area contributed by atoms with Gasteiger partial charge in [-0.05, 0) is 10.4 Å². The van der Waals surface area contributed by atoms with Crippen LogP contribution in [0, 0.1) is 0 Å². The lowest BCUT2D eigenvalue weighted by Crippen LogP contribution is -2.07. The molecule has 1 aromatic carbocycles. The van der Waals surface area contributed by atoms with Crippen LogP contribution < -0.4 is 10.4 Å². The minimum absolute atomic E-state index is 0.469. The molecule has 16 heavy (non-hydrogen) atoms. The van der Waals surface area contributed by atoms with Gasteiger partial charge in [0.05, 0.1) is 33.8 Å². The van der Waals surface area contributed by atoms with Crippen LogP contribution in [0.1, 0.15) is 0 Å². The first kappa shape index (κ1) is 13.9. The van der Waals surface area contributed by atoms with Crippen LogP contribution in [-0.4, -0.2) is 0 Å². The minimum atomic E-state index is -1.18. The van der Waals surface area contributed by atoms with E-state index in [4.69, 9.17) is 0 Å². The highest BCUT2D eigenvalue weighted by Gasteiger charge is 1.93. The van der Waals surface area contributed by atoms with E-state index in [-0.39, 0.29) is 0 Å². The smallest absolute Gasteiger partial charge is 0.0956 e. The Morgan fingerprint density at radius 2 is 0.875 bits per heavy atom. The topological polar surface area (TPSA) is 68.3 Å². The Morgan fingerprint density at radius 3 is 1.06 bits per heavy atom. The number of rotatable bonds is 4. The molecule has 4 nitrogen and oxygen atoms in total. The molecule has 88 valence electrons. The van der Waals surface area contributed by atoms with Crippen molar-refractivity contribution in [1.29, 1.82) is 0 Å². The summed E-state index contributed by atoms with van der Waals surface area (Å²) < 4.78 is 43.1. The third-order valence-electron chi connectivity index (χ3n) is 2.06. The van der Waals surface area contributed by atoms with Gasteiger partial charge >= 0.3 is 0 Å². The Hall–Kier alpha value is -0.120. The normalized spacial score (nSPS) is 13.0. The van der Waals surface area contributed by atoms with E-state index >= 15 is 0 Å². The second-order valence-electron chi connectivity index (χ2n) is 2.96. The molecule has 4 unspecified atom stereocenters. The monoisotopic (exact) mass is 296 g/mol. The zero-order valence-electron chi connectivity index (χ0n) is 8.25. The molecule has 0 fully saturated rings. The Kier molecular flexibility index (Phi) is 6.32. The SMILES string of the molecule is O=[PH2]C([PH2]=O)=c1ccc(=C([PH2]=O)[PH2]=O)cc1. The van der Waals surface area contributed by atoms with Gasteiger partial charge in [0.25, 0.3) is 0 Å². The summed E-state index contributed by atoms with van der Waals surface area (Å²) >= 11 is 0. The van der Waals surface area contributed by atoms with Crippen molar-refractivity contribution in [2.24, 2.45) is 0 Å². The Morgan fingerprint density at radius 1 is 0.625 bits per heavy atom. The molecule has 0 amide bonds. The van der Waals surface area contributed by atoms with Gasteiger partial charge < -0.3 is 18.3 Å². The molecule has 1 aromatic rings. The lowest BCUT2D eigenvalue weighted by molar-refractivity contribution is 0.599. The summed E-state index contributed by atoms with van der Waals surface area (Å²) in [7, 11) is -4.70. The standard InChI is InChI=1S/C8H12O4P4/c9-13-7(14-10)5-1-2-6(4-3-5)8(15-11)16-12/h1-4H,13-16H2. The fourth-order valence-corrected chi connectivity index (χ4v) is 2.94. The molecule has 0 radical (unpaired) electrons. The van der Waals surface area contributed by atoms with Crippen molar-refractivity contribution in [2.75, 3.05) is 0 Å². The minimum Gasteiger partial charge on any atom is -0.325 e. The predicted octanol–water partition coefficient (Wildman–Crippen LogP) is 0.843. The average molecular weight is 296 g/mol. The summed E-state index contributed by atoms with van der Waals surface area (Å²) in [6.07, 6.45) is 0. The van der Waals surface area contributed by atoms with E-state index in [1.54, 1.807) is 24.3 Å². The van der Waals surface area contributed by atoms with Crippen molar-refractivity contribution >= 4 is 44.0 Å². The maximum atomic E-state index is 10.8. The van der Waals surface area contributed by atoms with E-state index in [1.807, 2.05) is 0 Å². The van der Waals surface area contributed by atoms with Gasteiger partial charge in [0.1, 0.15) is 0 Å². The molecule has 8 heteroatoms. The van der Waals surface area contributed by atoms with Gasteiger partial charge in [-0.15, -0.1) is 0 Å². The van der Waals surface area contributed by atoms with Crippen molar-refractivity contribution in [2.45, 2.75) is 0 Å². The first-order chi connectivity index (χ1) is 7.76. The molecular weight excluding hydrogens is 284 g/mol. The maximum absolute atomic E-state index is 10.8. The lowest BCUT2D eigenvalue weighted by Gasteiger charge is -1.92. The summed E-state index contributed by atoms with van der Waals surface area (Å²) in [6, 6.07) is 6.69. The Balaban J connectivity index is 3.50. The molecule has 1 rings (SSSR count). The highest BCUT2D eigenvalue weighted by Crippen LogP contribution is 2.24. The molecule has 4 atom stereocenters. The van der Waals surface area contributed by atoms with Crippen LogP contribution in [0.5, 0.6) is 0 Å². The van der Waals surface area contributed by atoms with E-state index in [1.165, 1.54) is 0 Å². The fourth-order valence-electron chi connectivity index (χ4n) is 1.18. The molecule has 0 N–H and O–H groups in total. The third kappa shape index (κ3) is 3.44. The van der Waals surface area contributed by atoms with E-state index in [0.29, 0.717) is 20.5 Å². The Labute approximate surface area is 97.3 Å². The van der Waals surface area contributed by atoms with Crippen LogP contribution in [0.3, 0.4) is 0 Å². The largest absolute Gasteiger partial charge is 0.325 e. The maximum Gasteiger partial charge on any atom is 0.0956 e. The average Bonchev–Trinajstić information content (AvgIpc) is 2.34. The third-order valence-corrected chi connectivity index (χ3v) is 6.04. The van der Waals surface area contributed by atoms with Crippen LogP contribution in [0.25, 0.3) is 10.1 Å². The second kappa shape index (κ2) is 7.25. The van der Waals surface area contributed by atoms with Crippen molar-refractivity contribution in [1.82, 2.24) is 0 Å². The van der Waals surface area contributed by atoms with E-state index in [9.17, 15) is 18.3 Å². The Bertz CT molecular complexity index is 471. The van der Waals surface area contributed by atoms with Crippen molar-refractivity contribution in [3.63, 3.8) is 0 Å². The molecule has 0 aromatic heterocycles. The van der Waals surface area contributed by atoms with Crippen LogP contribution in [0.4, 0.5) is 0 Å². The van der Waals surface area contributed by atoms with Crippen molar-refractivity contribution in [3.8, 4) is 0 Å². The summed E-state index contributed by atoms with van der Waals surface area (Å²) in [6.45, 7) is 0. The summed E-state index contributed by atoms with van der Waals surface area (Å²) in [5.41, 5.74) is 0. The fraction of sp³-hybridized carbons (Fsp3) is 0. The summed E-state index contributed by atoms with van der Waals surface area (Å²) in [5.74, 6) is 0. The molecule has 0 spiro atoms. The second-order valence-corrected chi connectivity index (χ2v) is 7.72.